The highest BCUT2D eigenvalue weighted by Gasteiger charge is 2.15. The zero-order valence-electron chi connectivity index (χ0n) is 12.7. The topological polar surface area (TPSA) is 92.9 Å². The van der Waals surface area contributed by atoms with Gasteiger partial charge in [-0.05, 0) is 39.8 Å². The van der Waals surface area contributed by atoms with Crippen molar-refractivity contribution >= 4 is 17.7 Å². The maximum Gasteiger partial charge on any atom is 0.428 e. The molecule has 21 heavy (non-hydrogen) atoms. The van der Waals surface area contributed by atoms with Gasteiger partial charge in [0.15, 0.2) is 0 Å². The number of hydrazone groups is 1. The molecule has 0 aromatic carbocycles. The van der Waals surface area contributed by atoms with E-state index in [1.165, 1.54) is 0 Å². The van der Waals surface area contributed by atoms with E-state index in [1.54, 1.807) is 46.1 Å². The summed E-state index contributed by atoms with van der Waals surface area (Å²) in [5.74, 6) is 0.462. The molecule has 2 N–H and O–H groups in total. The lowest BCUT2D eigenvalue weighted by atomic mass is 10.2. The van der Waals surface area contributed by atoms with Crippen molar-refractivity contribution in [2.24, 2.45) is 5.10 Å². The number of ether oxygens (including phenoxy) is 1. The van der Waals surface area contributed by atoms with E-state index in [9.17, 15) is 9.59 Å². The quantitative estimate of drug-likeness (QED) is 0.643. The van der Waals surface area contributed by atoms with Crippen molar-refractivity contribution in [3.05, 3.63) is 24.2 Å². The van der Waals surface area contributed by atoms with Crippen molar-refractivity contribution in [1.82, 2.24) is 10.7 Å². The van der Waals surface area contributed by atoms with Gasteiger partial charge in [-0.15, -0.1) is 0 Å². The van der Waals surface area contributed by atoms with Gasteiger partial charge < -0.3 is 14.5 Å². The van der Waals surface area contributed by atoms with E-state index in [2.05, 4.69) is 15.8 Å². The van der Waals surface area contributed by atoms with E-state index < -0.39 is 11.7 Å². The van der Waals surface area contributed by atoms with E-state index in [1.807, 2.05) is 0 Å². The molecule has 0 spiro atoms. The molecule has 0 bridgehead atoms. The summed E-state index contributed by atoms with van der Waals surface area (Å²) in [6.07, 6.45) is 0.966. The third-order valence-corrected chi connectivity index (χ3v) is 2.19. The van der Waals surface area contributed by atoms with Gasteiger partial charge in [-0.2, -0.15) is 5.10 Å². The van der Waals surface area contributed by atoms with Gasteiger partial charge in [0.2, 0.25) is 5.91 Å². The van der Waals surface area contributed by atoms with Gasteiger partial charge in [0.05, 0.1) is 19.2 Å². The number of nitrogens with zero attached hydrogens (tertiary/aromatic N) is 1. The Balaban J connectivity index is 2.31. The van der Waals surface area contributed by atoms with Crippen LogP contribution < -0.4 is 10.7 Å². The van der Waals surface area contributed by atoms with Gasteiger partial charge in [0, 0.05) is 5.71 Å². The summed E-state index contributed by atoms with van der Waals surface area (Å²) in [5, 5.41) is 6.49. The number of amides is 2. The van der Waals surface area contributed by atoms with Crippen LogP contribution in [0.25, 0.3) is 0 Å². The largest absolute Gasteiger partial charge is 0.467 e. The van der Waals surface area contributed by atoms with Crippen LogP contribution in [-0.4, -0.2) is 23.3 Å². The van der Waals surface area contributed by atoms with Gasteiger partial charge in [0.1, 0.15) is 11.4 Å². The first-order chi connectivity index (χ1) is 9.76. The van der Waals surface area contributed by atoms with Crippen molar-refractivity contribution in [2.75, 3.05) is 0 Å². The first-order valence-electron chi connectivity index (χ1n) is 6.57. The molecule has 1 rings (SSSR count). The molecule has 0 radical (unpaired) electrons. The Morgan fingerprint density at radius 1 is 1.38 bits per heavy atom. The zero-order chi connectivity index (χ0) is 15.9. The Hall–Kier alpha value is -2.31. The van der Waals surface area contributed by atoms with Crippen LogP contribution in [0.3, 0.4) is 0 Å². The molecule has 0 saturated carbocycles. The highest BCUT2D eigenvalue weighted by Crippen LogP contribution is 2.06. The lowest BCUT2D eigenvalue weighted by Crippen LogP contribution is -2.31. The van der Waals surface area contributed by atoms with E-state index in [-0.39, 0.29) is 12.3 Å². The minimum absolute atomic E-state index is 0.0799. The van der Waals surface area contributed by atoms with Crippen LogP contribution in [0.2, 0.25) is 0 Å². The van der Waals surface area contributed by atoms with E-state index in [4.69, 9.17) is 9.15 Å². The Labute approximate surface area is 123 Å². The molecule has 7 heteroatoms. The van der Waals surface area contributed by atoms with Crippen molar-refractivity contribution in [3.63, 3.8) is 0 Å². The lowest BCUT2D eigenvalue weighted by molar-refractivity contribution is -0.120. The molecule has 1 aromatic rings. The summed E-state index contributed by atoms with van der Waals surface area (Å²) in [6.45, 7) is 7.23. The number of furan rings is 1. The number of hydrogen-bond acceptors (Lipinski definition) is 5. The summed E-state index contributed by atoms with van der Waals surface area (Å²) in [6, 6.07) is 3.52. The average molecular weight is 295 g/mol. The summed E-state index contributed by atoms with van der Waals surface area (Å²) < 4.78 is 10.1. The molecular weight excluding hydrogens is 274 g/mol. The van der Waals surface area contributed by atoms with Crippen molar-refractivity contribution in [1.29, 1.82) is 0 Å². The first-order valence-corrected chi connectivity index (χ1v) is 6.57. The summed E-state index contributed by atoms with van der Waals surface area (Å²) >= 11 is 0. The number of rotatable bonds is 5. The molecule has 2 amide bonds. The molecule has 0 fully saturated rings. The standard InChI is InChI=1S/C14H21N3O4/c1-10(16-17-13(19)21-14(2,3)4)8-12(18)15-9-11-6-5-7-20-11/h5-7H,8-9H2,1-4H3,(H,15,18)(H,17,19)/b16-10+. The second kappa shape index (κ2) is 7.47. The zero-order valence-corrected chi connectivity index (χ0v) is 12.7. The molecule has 0 aliphatic heterocycles. The second-order valence-electron chi connectivity index (χ2n) is 5.49. The molecule has 0 aliphatic rings. The monoisotopic (exact) mass is 295 g/mol. The summed E-state index contributed by atoms with van der Waals surface area (Å²) in [7, 11) is 0. The molecule has 0 atom stereocenters. The summed E-state index contributed by atoms with van der Waals surface area (Å²) in [5.41, 5.74) is 2.12. The highest BCUT2D eigenvalue weighted by molar-refractivity contribution is 5.99. The lowest BCUT2D eigenvalue weighted by Gasteiger charge is -2.18. The van der Waals surface area contributed by atoms with Crippen molar-refractivity contribution in [3.8, 4) is 0 Å². The third-order valence-electron chi connectivity index (χ3n) is 2.19. The van der Waals surface area contributed by atoms with Crippen LogP contribution in [-0.2, 0) is 16.1 Å². The van der Waals surface area contributed by atoms with Crippen LogP contribution in [0.5, 0.6) is 0 Å². The van der Waals surface area contributed by atoms with Crippen LogP contribution in [0.1, 0.15) is 39.9 Å². The first kappa shape index (κ1) is 16.7. The fourth-order valence-electron chi connectivity index (χ4n) is 1.38. The molecule has 0 saturated heterocycles. The molecule has 1 heterocycles. The van der Waals surface area contributed by atoms with E-state index in [0.717, 1.165) is 0 Å². The summed E-state index contributed by atoms with van der Waals surface area (Å²) in [4.78, 5) is 23.0. The maximum absolute atomic E-state index is 11.6. The molecule has 1 aromatic heterocycles. The van der Waals surface area contributed by atoms with Crippen LogP contribution in [0.15, 0.2) is 27.9 Å². The van der Waals surface area contributed by atoms with Gasteiger partial charge in [-0.1, -0.05) is 0 Å². The van der Waals surface area contributed by atoms with E-state index >= 15 is 0 Å². The highest BCUT2D eigenvalue weighted by atomic mass is 16.6. The maximum atomic E-state index is 11.6. The molecule has 0 aliphatic carbocycles. The van der Waals surface area contributed by atoms with Crippen molar-refractivity contribution < 1.29 is 18.7 Å². The Morgan fingerprint density at radius 2 is 2.10 bits per heavy atom. The van der Waals surface area contributed by atoms with Gasteiger partial charge in [0.25, 0.3) is 0 Å². The number of hydrogen-bond donors (Lipinski definition) is 2. The number of nitrogens with one attached hydrogen (secondary N) is 2. The fraction of sp³-hybridized carbons (Fsp3) is 0.500. The van der Waals surface area contributed by atoms with E-state index in [0.29, 0.717) is 18.0 Å². The van der Waals surface area contributed by atoms with Gasteiger partial charge in [-0.3, -0.25) is 4.79 Å². The molecule has 7 nitrogen and oxygen atoms in total. The predicted molar refractivity (Wildman–Crippen MR) is 77.7 cm³/mol. The minimum atomic E-state index is -0.655. The number of carbonyl (C=O) groups excluding carboxylic acids is 2. The Kier molecular flexibility index (Phi) is 5.95. The fourth-order valence-corrected chi connectivity index (χ4v) is 1.38. The van der Waals surface area contributed by atoms with Crippen LogP contribution in [0, 0.1) is 0 Å². The molecule has 116 valence electrons. The predicted octanol–water partition coefficient (Wildman–Crippen LogP) is 2.19. The van der Waals surface area contributed by atoms with Crippen LogP contribution in [0.4, 0.5) is 4.79 Å². The third kappa shape index (κ3) is 7.76. The van der Waals surface area contributed by atoms with Crippen LogP contribution >= 0.6 is 0 Å². The smallest absolute Gasteiger partial charge is 0.428 e. The number of carbonyl (C=O) groups is 2. The minimum Gasteiger partial charge on any atom is -0.467 e. The van der Waals surface area contributed by atoms with Gasteiger partial charge >= 0.3 is 6.09 Å². The molecule has 0 unspecified atom stereocenters. The second-order valence-corrected chi connectivity index (χ2v) is 5.49. The van der Waals surface area contributed by atoms with Crippen molar-refractivity contribution in [2.45, 2.75) is 46.3 Å². The Morgan fingerprint density at radius 3 is 2.67 bits per heavy atom. The normalized spacial score (nSPS) is 11.9. The SMILES string of the molecule is C/C(CC(=O)NCc1ccco1)=N\NC(=O)OC(C)(C)C. The molecular formula is C14H21N3O4. The Bertz CT molecular complexity index is 501. The van der Waals surface area contributed by atoms with Gasteiger partial charge in [-0.25, -0.2) is 10.2 Å². The average Bonchev–Trinajstić information content (AvgIpc) is 2.85.